The second kappa shape index (κ2) is 12.0. The molecule has 0 bridgehead atoms. The Hall–Kier alpha value is -4.37. The molecule has 41 heavy (non-hydrogen) atoms. The van der Waals surface area contributed by atoms with Crippen LogP contribution in [0.15, 0.2) is 42.6 Å². The number of amides is 1. The zero-order valence-corrected chi connectivity index (χ0v) is 20.4. The SMILES string of the molecule is [B]C([B])([B])Oc1c(Oc2ccc(C(F)F)c(F)c2C(=O)Nc2ccc(C(=O)OC)nc2)ccc(OC(F)(F)F)c1F. The smallest absolute Gasteiger partial charge is 0.510 e. The highest BCUT2D eigenvalue weighted by Gasteiger charge is 2.35. The van der Waals surface area contributed by atoms with E-state index in [0.717, 1.165) is 25.4 Å². The van der Waals surface area contributed by atoms with Gasteiger partial charge in [0.2, 0.25) is 5.82 Å². The molecule has 0 atom stereocenters. The first kappa shape index (κ1) is 31.2. The molecule has 3 aromatic rings. The summed E-state index contributed by atoms with van der Waals surface area (Å²) in [5, 5.41) is -0.558. The highest BCUT2D eigenvalue weighted by atomic mass is 19.4. The summed E-state index contributed by atoms with van der Waals surface area (Å²) in [7, 11) is 16.9. The lowest BCUT2D eigenvalue weighted by molar-refractivity contribution is -0.275. The molecule has 18 heteroatoms. The maximum Gasteiger partial charge on any atom is 0.573 e. The average molecular weight is 578 g/mol. The molecule has 8 nitrogen and oxygen atoms in total. The highest BCUT2D eigenvalue weighted by Crippen LogP contribution is 2.42. The number of carbonyl (C=O) groups is 2. The molecule has 0 unspecified atom stereocenters. The number of nitrogens with one attached hydrogen (secondary N) is 1. The maximum absolute atomic E-state index is 15.1. The first-order valence-electron chi connectivity index (χ1n) is 10.8. The van der Waals surface area contributed by atoms with Crippen molar-refractivity contribution in [3.05, 3.63) is 71.1 Å². The van der Waals surface area contributed by atoms with E-state index < -0.39 is 75.7 Å². The Kier molecular flexibility index (Phi) is 9.14. The third-order valence-electron chi connectivity index (χ3n) is 4.76. The summed E-state index contributed by atoms with van der Waals surface area (Å²) in [6, 6.07) is 4.56. The number of carbonyl (C=O) groups excluding carboxylic acids is 2. The van der Waals surface area contributed by atoms with Gasteiger partial charge in [-0.2, -0.15) is 4.39 Å². The Labute approximate surface area is 230 Å². The van der Waals surface area contributed by atoms with Gasteiger partial charge in [0.25, 0.3) is 12.3 Å². The average Bonchev–Trinajstić information content (AvgIpc) is 2.86. The number of pyridine rings is 1. The van der Waals surface area contributed by atoms with Crippen LogP contribution >= 0.6 is 0 Å². The molecular weight excluding hydrogens is 566 g/mol. The summed E-state index contributed by atoms with van der Waals surface area (Å²) in [4.78, 5) is 28.2. The molecule has 1 heterocycles. The highest BCUT2D eigenvalue weighted by molar-refractivity contribution is 6.58. The van der Waals surface area contributed by atoms with E-state index in [2.05, 4.69) is 19.8 Å². The number of nitrogens with zero attached hydrogens (tertiary/aromatic N) is 1. The minimum absolute atomic E-state index is 0.140. The number of rotatable bonds is 9. The van der Waals surface area contributed by atoms with Gasteiger partial charge in [-0.1, -0.05) is 0 Å². The van der Waals surface area contributed by atoms with Crippen LogP contribution in [0.1, 0.15) is 32.8 Å². The molecule has 0 saturated heterocycles. The van der Waals surface area contributed by atoms with Crippen molar-refractivity contribution >= 4 is 41.1 Å². The standard InChI is InChI=1S/C23H12B3F7N2O6/c1-38-21(37)11-4-2-9(8-34-11)35-20(36)15-12(5-3-10(16(15)27)19(29)30)39-14-7-6-13(40-23(31,32)33)17(28)18(14)41-22(24,25)26/h2-8,19H,1H3,(H,35,36). The van der Waals surface area contributed by atoms with Gasteiger partial charge in [0.15, 0.2) is 17.2 Å². The van der Waals surface area contributed by atoms with E-state index in [9.17, 15) is 35.9 Å². The first-order chi connectivity index (χ1) is 19.0. The molecule has 2 aromatic carbocycles. The third kappa shape index (κ3) is 7.86. The van der Waals surface area contributed by atoms with Crippen molar-refractivity contribution in [2.45, 2.75) is 18.1 Å². The van der Waals surface area contributed by atoms with Crippen LogP contribution < -0.4 is 19.5 Å². The lowest BCUT2D eigenvalue weighted by atomic mass is 9.52. The largest absolute Gasteiger partial charge is 0.573 e. The van der Waals surface area contributed by atoms with Gasteiger partial charge in [-0.05, 0) is 41.7 Å². The number of anilines is 1. The van der Waals surface area contributed by atoms with Gasteiger partial charge in [-0.15, -0.1) is 13.2 Å². The van der Waals surface area contributed by atoms with Gasteiger partial charge in [0.1, 0.15) is 46.4 Å². The molecular formula is C23H12B3F7N2O6. The Morgan fingerprint density at radius 1 is 0.902 bits per heavy atom. The van der Waals surface area contributed by atoms with Crippen molar-refractivity contribution in [3.63, 3.8) is 0 Å². The lowest BCUT2D eigenvalue weighted by Gasteiger charge is -2.26. The minimum atomic E-state index is -5.35. The van der Waals surface area contributed by atoms with E-state index in [1.54, 1.807) is 0 Å². The zero-order valence-electron chi connectivity index (χ0n) is 20.4. The van der Waals surface area contributed by atoms with E-state index >= 15 is 4.39 Å². The number of halogens is 7. The van der Waals surface area contributed by atoms with E-state index in [1.807, 2.05) is 0 Å². The summed E-state index contributed by atoms with van der Waals surface area (Å²) in [6.07, 6.45) is -7.79. The fourth-order valence-corrected chi connectivity index (χ4v) is 3.12. The topological polar surface area (TPSA) is 96.0 Å². The van der Waals surface area contributed by atoms with Gasteiger partial charge in [0, 0.05) is 0 Å². The molecule has 208 valence electrons. The molecule has 0 spiro atoms. The molecule has 1 amide bonds. The van der Waals surface area contributed by atoms with Crippen molar-refractivity contribution in [3.8, 4) is 23.0 Å². The van der Waals surface area contributed by atoms with Gasteiger partial charge in [0.05, 0.1) is 24.6 Å². The van der Waals surface area contributed by atoms with Crippen LogP contribution in [0.25, 0.3) is 0 Å². The van der Waals surface area contributed by atoms with E-state index in [-0.39, 0.29) is 11.4 Å². The number of ether oxygens (including phenoxy) is 4. The van der Waals surface area contributed by atoms with Gasteiger partial charge < -0.3 is 24.3 Å². The number of esters is 1. The Bertz CT molecular complexity index is 1450. The number of aromatic nitrogens is 1. The molecule has 1 N–H and O–H groups in total. The quantitative estimate of drug-likeness (QED) is 0.227. The summed E-state index contributed by atoms with van der Waals surface area (Å²) in [6.45, 7) is 0. The Balaban J connectivity index is 2.08. The molecule has 0 aliphatic carbocycles. The molecule has 0 fully saturated rings. The molecule has 0 aliphatic heterocycles. The number of methoxy groups -OCH3 is 1. The van der Waals surface area contributed by atoms with Crippen molar-refractivity contribution < 1.29 is 59.3 Å². The Morgan fingerprint density at radius 3 is 2.07 bits per heavy atom. The maximum atomic E-state index is 15.1. The van der Waals surface area contributed by atoms with Gasteiger partial charge in [-0.3, -0.25) is 4.79 Å². The van der Waals surface area contributed by atoms with Crippen LogP contribution in [0.2, 0.25) is 0 Å². The number of hydrogen-bond donors (Lipinski definition) is 1. The van der Waals surface area contributed by atoms with Crippen LogP contribution in [-0.4, -0.2) is 59.2 Å². The van der Waals surface area contributed by atoms with Crippen molar-refractivity contribution in [1.29, 1.82) is 0 Å². The van der Waals surface area contributed by atoms with E-state index in [4.69, 9.17) is 33.0 Å². The fourth-order valence-electron chi connectivity index (χ4n) is 3.12. The van der Waals surface area contributed by atoms with Crippen LogP contribution in [-0.2, 0) is 4.74 Å². The summed E-state index contributed by atoms with van der Waals surface area (Å²) >= 11 is 0. The fraction of sp³-hybridized carbons (Fsp3) is 0.174. The molecule has 0 saturated carbocycles. The summed E-state index contributed by atoms with van der Waals surface area (Å²) in [5.74, 6) is -10.3. The molecule has 3 rings (SSSR count). The van der Waals surface area contributed by atoms with Crippen molar-refractivity contribution in [1.82, 2.24) is 4.98 Å². The molecule has 6 radical (unpaired) electrons. The Morgan fingerprint density at radius 2 is 1.54 bits per heavy atom. The van der Waals surface area contributed by atoms with Crippen LogP contribution in [0.5, 0.6) is 23.0 Å². The monoisotopic (exact) mass is 578 g/mol. The minimum Gasteiger partial charge on any atom is -0.510 e. The van der Waals surface area contributed by atoms with Crippen molar-refractivity contribution in [2.24, 2.45) is 0 Å². The predicted molar refractivity (Wildman–Crippen MR) is 129 cm³/mol. The van der Waals surface area contributed by atoms with Crippen LogP contribution in [0, 0.1) is 11.6 Å². The van der Waals surface area contributed by atoms with Crippen LogP contribution in [0.3, 0.4) is 0 Å². The molecule has 1 aromatic heterocycles. The lowest BCUT2D eigenvalue weighted by Crippen LogP contribution is -2.38. The number of hydrogen-bond acceptors (Lipinski definition) is 7. The number of benzene rings is 2. The summed E-state index contributed by atoms with van der Waals surface area (Å²) < 4.78 is 113. The second-order valence-corrected chi connectivity index (χ2v) is 7.83. The van der Waals surface area contributed by atoms with Gasteiger partial charge in [-0.25, -0.2) is 22.9 Å². The summed E-state index contributed by atoms with van der Waals surface area (Å²) in [5.41, 5.74) is -2.69. The van der Waals surface area contributed by atoms with E-state index in [0.29, 0.717) is 24.3 Å². The zero-order chi connectivity index (χ0) is 30.7. The van der Waals surface area contributed by atoms with E-state index in [1.165, 1.54) is 0 Å². The normalized spacial score (nSPS) is 11.6. The van der Waals surface area contributed by atoms with Gasteiger partial charge >= 0.3 is 12.3 Å². The third-order valence-corrected chi connectivity index (χ3v) is 4.76. The van der Waals surface area contributed by atoms with Crippen LogP contribution in [0.4, 0.5) is 36.4 Å². The first-order valence-corrected chi connectivity index (χ1v) is 10.8. The molecule has 0 aliphatic rings. The second-order valence-electron chi connectivity index (χ2n) is 7.83. The van der Waals surface area contributed by atoms with Crippen molar-refractivity contribution in [2.75, 3.05) is 12.4 Å². The number of alkyl halides is 5. The predicted octanol–water partition coefficient (Wildman–Crippen LogP) is 4.52.